The van der Waals surface area contributed by atoms with Gasteiger partial charge in [0.05, 0.1) is 0 Å². The molecule has 1 saturated carbocycles. The second-order valence-electron chi connectivity index (χ2n) is 6.44. The van der Waals surface area contributed by atoms with Crippen molar-refractivity contribution in [2.45, 2.75) is 44.7 Å². The lowest BCUT2D eigenvalue weighted by Gasteiger charge is -2.32. The molecule has 0 spiro atoms. The third kappa shape index (κ3) is 3.02. The quantitative estimate of drug-likeness (QED) is 0.828. The highest BCUT2D eigenvalue weighted by molar-refractivity contribution is 5.85. The largest absolute Gasteiger partial charge is 0.353 e. The highest BCUT2D eigenvalue weighted by atomic mass is 35.5. The Labute approximate surface area is 143 Å². The van der Waals surface area contributed by atoms with E-state index in [4.69, 9.17) is 0 Å². The Morgan fingerprint density at radius 2 is 1.61 bits per heavy atom. The maximum absolute atomic E-state index is 12.5. The van der Waals surface area contributed by atoms with Gasteiger partial charge in [0.2, 0.25) is 0 Å². The van der Waals surface area contributed by atoms with Crippen LogP contribution in [0.1, 0.15) is 32.1 Å². The minimum absolute atomic E-state index is 0. The summed E-state index contributed by atoms with van der Waals surface area (Å²) in [5.41, 5.74) is 2.30. The van der Waals surface area contributed by atoms with Gasteiger partial charge in [-0.05, 0) is 30.0 Å². The van der Waals surface area contributed by atoms with Crippen molar-refractivity contribution in [1.82, 2.24) is 4.57 Å². The van der Waals surface area contributed by atoms with Gasteiger partial charge in [0, 0.05) is 25.2 Å². The van der Waals surface area contributed by atoms with Crippen LogP contribution in [0, 0.1) is 0 Å². The smallest absolute Gasteiger partial charge is 0.252 e. The molecule has 0 saturated heterocycles. The summed E-state index contributed by atoms with van der Waals surface area (Å²) in [6.45, 7) is 1.82. The first kappa shape index (κ1) is 16.1. The topological polar surface area (TPSA) is 25.2 Å². The minimum Gasteiger partial charge on any atom is -0.353 e. The van der Waals surface area contributed by atoms with Gasteiger partial charge in [-0.25, -0.2) is 0 Å². The Hall–Kier alpha value is -1.74. The molecular weight excluding hydrogens is 308 g/mol. The molecule has 2 heterocycles. The molecule has 1 aliphatic heterocycles. The molecule has 0 bridgehead atoms. The highest BCUT2D eigenvalue weighted by Crippen LogP contribution is 2.32. The predicted molar refractivity (Wildman–Crippen MR) is 97.6 cm³/mol. The van der Waals surface area contributed by atoms with Gasteiger partial charge in [-0.15, -0.1) is 12.4 Å². The van der Waals surface area contributed by atoms with Gasteiger partial charge >= 0.3 is 0 Å². The van der Waals surface area contributed by atoms with Gasteiger partial charge < -0.3 is 4.90 Å². The Morgan fingerprint density at radius 1 is 0.870 bits per heavy atom. The molecule has 4 heteroatoms. The third-order valence-electron chi connectivity index (χ3n) is 5.09. The molecule has 0 atom stereocenters. The third-order valence-corrected chi connectivity index (χ3v) is 5.09. The highest BCUT2D eigenvalue weighted by Gasteiger charge is 2.28. The second-order valence-corrected chi connectivity index (χ2v) is 6.44. The molecule has 1 aliphatic carbocycles. The number of anilines is 1. The molecule has 0 radical (unpaired) electrons. The molecule has 2 aromatic rings. The van der Waals surface area contributed by atoms with Crippen molar-refractivity contribution in [3.05, 3.63) is 52.8 Å². The Bertz CT molecular complexity index is 720. The summed E-state index contributed by atoms with van der Waals surface area (Å²) in [6, 6.07) is 14.8. The van der Waals surface area contributed by atoms with Crippen LogP contribution in [0.25, 0.3) is 11.1 Å². The number of benzene rings is 1. The van der Waals surface area contributed by atoms with E-state index in [9.17, 15) is 4.79 Å². The number of nitrogens with zero attached hydrogens (tertiary/aromatic N) is 2. The lowest BCUT2D eigenvalue weighted by Crippen LogP contribution is -2.35. The summed E-state index contributed by atoms with van der Waals surface area (Å²) in [5, 5.41) is 0. The zero-order valence-corrected chi connectivity index (χ0v) is 14.1. The molecule has 122 valence electrons. The van der Waals surface area contributed by atoms with E-state index in [0.29, 0.717) is 6.04 Å². The molecule has 23 heavy (non-hydrogen) atoms. The second kappa shape index (κ2) is 6.79. The van der Waals surface area contributed by atoms with Crippen LogP contribution >= 0.6 is 12.4 Å². The monoisotopic (exact) mass is 330 g/mol. The zero-order chi connectivity index (χ0) is 14.9. The molecule has 3 nitrogen and oxygen atoms in total. The van der Waals surface area contributed by atoms with Crippen molar-refractivity contribution in [3.8, 4) is 11.1 Å². The standard InChI is InChI=1S/C19H22N2O.ClH/c22-19-14-16(15-7-3-1-4-8-15)13-18-20(11-12-21(18)19)17-9-5-2-6-10-17;/h1,3-4,7-8,13-14,17H,2,5-6,9-12H2;1H. The predicted octanol–water partition coefficient (Wildman–Crippen LogP) is 4.09. The number of hydrogen-bond acceptors (Lipinski definition) is 2. The maximum Gasteiger partial charge on any atom is 0.252 e. The Morgan fingerprint density at radius 3 is 2.35 bits per heavy atom. The van der Waals surface area contributed by atoms with E-state index in [2.05, 4.69) is 23.1 Å². The number of fused-ring (bicyclic) bond motifs is 1. The van der Waals surface area contributed by atoms with Crippen molar-refractivity contribution in [1.29, 1.82) is 0 Å². The zero-order valence-electron chi connectivity index (χ0n) is 13.3. The first-order chi connectivity index (χ1) is 10.8. The van der Waals surface area contributed by atoms with Crippen molar-refractivity contribution in [2.24, 2.45) is 0 Å². The van der Waals surface area contributed by atoms with Crippen LogP contribution < -0.4 is 10.5 Å². The van der Waals surface area contributed by atoms with Gasteiger partial charge in [-0.2, -0.15) is 0 Å². The lowest BCUT2D eigenvalue weighted by molar-refractivity contribution is 0.420. The molecule has 0 amide bonds. The summed E-state index contributed by atoms with van der Waals surface area (Å²) >= 11 is 0. The molecule has 1 aromatic carbocycles. The average molecular weight is 331 g/mol. The minimum atomic E-state index is 0. The number of halogens is 1. The van der Waals surface area contributed by atoms with Crippen molar-refractivity contribution < 1.29 is 0 Å². The van der Waals surface area contributed by atoms with Crippen LogP contribution in [0.5, 0.6) is 0 Å². The number of rotatable bonds is 2. The van der Waals surface area contributed by atoms with Crippen molar-refractivity contribution >= 4 is 18.2 Å². The van der Waals surface area contributed by atoms with Gasteiger partial charge in [-0.1, -0.05) is 49.6 Å². The van der Waals surface area contributed by atoms with Crippen LogP contribution in [0.4, 0.5) is 5.82 Å². The normalized spacial score (nSPS) is 17.7. The van der Waals surface area contributed by atoms with Gasteiger partial charge in [0.15, 0.2) is 0 Å². The fraction of sp³-hybridized carbons (Fsp3) is 0.421. The summed E-state index contributed by atoms with van der Waals surface area (Å²) in [7, 11) is 0. The van der Waals surface area contributed by atoms with Crippen molar-refractivity contribution in [2.75, 3.05) is 11.4 Å². The summed E-state index contributed by atoms with van der Waals surface area (Å²) < 4.78 is 1.95. The van der Waals surface area contributed by atoms with Crippen LogP contribution in [-0.4, -0.2) is 17.2 Å². The molecule has 0 N–H and O–H groups in total. The lowest BCUT2D eigenvalue weighted by atomic mass is 9.94. The number of hydrogen-bond donors (Lipinski definition) is 0. The number of pyridine rings is 1. The fourth-order valence-electron chi connectivity index (χ4n) is 3.93. The molecule has 2 aliphatic rings. The molecule has 0 unspecified atom stereocenters. The average Bonchev–Trinajstić information content (AvgIpc) is 3.01. The number of aromatic nitrogens is 1. The SMILES string of the molecule is Cl.O=c1cc(-c2ccccc2)cc2n1CCN2C1CCCCC1. The van der Waals surface area contributed by atoms with E-state index in [1.807, 2.05) is 22.8 Å². The van der Waals surface area contributed by atoms with E-state index in [1.165, 1.54) is 32.1 Å². The van der Waals surface area contributed by atoms with Gasteiger partial charge in [-0.3, -0.25) is 9.36 Å². The van der Waals surface area contributed by atoms with Crippen LogP contribution in [-0.2, 0) is 6.54 Å². The van der Waals surface area contributed by atoms with Gasteiger partial charge in [0.1, 0.15) is 5.82 Å². The first-order valence-electron chi connectivity index (χ1n) is 8.40. The molecule has 1 fully saturated rings. The van der Waals surface area contributed by atoms with E-state index < -0.39 is 0 Å². The van der Waals surface area contributed by atoms with Crippen LogP contribution in [0.15, 0.2) is 47.3 Å². The maximum atomic E-state index is 12.5. The van der Waals surface area contributed by atoms with E-state index in [0.717, 1.165) is 30.0 Å². The van der Waals surface area contributed by atoms with E-state index >= 15 is 0 Å². The van der Waals surface area contributed by atoms with Gasteiger partial charge in [0.25, 0.3) is 5.56 Å². The Balaban J connectivity index is 0.00000156. The molecule has 1 aromatic heterocycles. The van der Waals surface area contributed by atoms with Crippen LogP contribution in [0.2, 0.25) is 0 Å². The van der Waals surface area contributed by atoms with Crippen molar-refractivity contribution in [3.63, 3.8) is 0 Å². The summed E-state index contributed by atoms with van der Waals surface area (Å²) in [5.74, 6) is 1.12. The Kier molecular flexibility index (Phi) is 4.76. The first-order valence-corrected chi connectivity index (χ1v) is 8.40. The summed E-state index contributed by atoms with van der Waals surface area (Å²) in [4.78, 5) is 14.9. The van der Waals surface area contributed by atoms with E-state index in [-0.39, 0.29) is 18.0 Å². The molecular formula is C19H23ClN2O. The molecule has 4 rings (SSSR count). The summed E-state index contributed by atoms with van der Waals surface area (Å²) in [6.07, 6.45) is 6.54. The van der Waals surface area contributed by atoms with Crippen LogP contribution in [0.3, 0.4) is 0 Å². The fourth-order valence-corrected chi connectivity index (χ4v) is 3.93. The van der Waals surface area contributed by atoms with E-state index in [1.54, 1.807) is 6.07 Å².